The van der Waals surface area contributed by atoms with Gasteiger partial charge in [0, 0.05) is 18.1 Å². The van der Waals surface area contributed by atoms with Crippen LogP contribution in [0, 0.1) is 6.92 Å². The van der Waals surface area contributed by atoms with Gasteiger partial charge in [-0.2, -0.15) is 0 Å². The van der Waals surface area contributed by atoms with Crippen LogP contribution in [0.1, 0.15) is 5.56 Å². The Hall–Kier alpha value is -0.740. The molecule has 0 aliphatic heterocycles. The molecule has 1 aromatic carbocycles. The lowest BCUT2D eigenvalue weighted by Gasteiger charge is -2.09. The van der Waals surface area contributed by atoms with E-state index in [2.05, 4.69) is 5.32 Å². The van der Waals surface area contributed by atoms with Crippen LogP contribution < -0.4 is 5.32 Å². The molecule has 0 amide bonds. The highest BCUT2D eigenvalue weighted by molar-refractivity contribution is 7.91. The van der Waals surface area contributed by atoms with E-state index in [0.29, 0.717) is 6.54 Å². The largest absolute Gasteiger partial charge is 0.384 e. The Morgan fingerprint density at radius 3 is 2.56 bits per heavy atom. The van der Waals surface area contributed by atoms with Crippen LogP contribution in [0.5, 0.6) is 0 Å². The monoisotopic (exact) mass is 261 g/mol. The van der Waals surface area contributed by atoms with Gasteiger partial charge in [0.05, 0.1) is 11.5 Å². The fourth-order valence-electron chi connectivity index (χ4n) is 1.33. The quantitative estimate of drug-likeness (QED) is 0.798. The molecule has 0 aromatic heterocycles. The lowest BCUT2D eigenvalue weighted by Crippen LogP contribution is -2.19. The minimum Gasteiger partial charge on any atom is -0.384 e. The number of hydrogen-bond acceptors (Lipinski definition) is 3. The van der Waals surface area contributed by atoms with E-state index >= 15 is 0 Å². The lowest BCUT2D eigenvalue weighted by atomic mass is 10.2. The average molecular weight is 262 g/mol. The molecular weight excluding hydrogens is 246 g/mol. The van der Waals surface area contributed by atoms with Crippen LogP contribution in [0.15, 0.2) is 24.3 Å². The van der Waals surface area contributed by atoms with Crippen LogP contribution in [-0.2, 0) is 9.84 Å². The molecule has 90 valence electrons. The Morgan fingerprint density at radius 2 is 1.94 bits per heavy atom. The summed E-state index contributed by atoms with van der Waals surface area (Å²) in [5.41, 5.74) is 2.08. The van der Waals surface area contributed by atoms with Crippen LogP contribution in [0.25, 0.3) is 0 Å². The van der Waals surface area contributed by atoms with Gasteiger partial charge in [0.15, 0.2) is 9.84 Å². The first-order chi connectivity index (χ1) is 7.55. The summed E-state index contributed by atoms with van der Waals surface area (Å²) in [4.78, 5) is 0. The summed E-state index contributed by atoms with van der Waals surface area (Å²) < 4.78 is 22.8. The molecule has 0 spiro atoms. The average Bonchev–Trinajstić information content (AvgIpc) is 2.20. The van der Waals surface area contributed by atoms with Gasteiger partial charge in [-0.1, -0.05) is 18.2 Å². The molecule has 16 heavy (non-hydrogen) atoms. The smallest absolute Gasteiger partial charge is 0.153 e. The Morgan fingerprint density at radius 1 is 1.25 bits per heavy atom. The van der Waals surface area contributed by atoms with Crippen molar-refractivity contribution in [1.29, 1.82) is 0 Å². The Balaban J connectivity index is 2.45. The van der Waals surface area contributed by atoms with Gasteiger partial charge in [-0.25, -0.2) is 8.42 Å². The van der Waals surface area contributed by atoms with E-state index in [-0.39, 0.29) is 17.4 Å². The topological polar surface area (TPSA) is 46.2 Å². The fraction of sp³-hybridized carbons (Fsp3) is 0.455. The Kier molecular flexibility index (Phi) is 5.09. The maximum Gasteiger partial charge on any atom is 0.153 e. The number of nitrogens with one attached hydrogen (secondary N) is 1. The first-order valence-electron chi connectivity index (χ1n) is 5.11. The van der Waals surface area contributed by atoms with E-state index in [0.717, 1.165) is 11.3 Å². The van der Waals surface area contributed by atoms with Crippen molar-refractivity contribution in [3.8, 4) is 0 Å². The van der Waals surface area contributed by atoms with Crippen LogP contribution in [0.3, 0.4) is 0 Å². The van der Waals surface area contributed by atoms with Gasteiger partial charge >= 0.3 is 0 Å². The molecule has 0 aliphatic rings. The second kappa shape index (κ2) is 6.11. The molecule has 0 aliphatic carbocycles. The van der Waals surface area contributed by atoms with Gasteiger partial charge < -0.3 is 5.32 Å². The van der Waals surface area contributed by atoms with Gasteiger partial charge in [0.2, 0.25) is 0 Å². The highest BCUT2D eigenvalue weighted by atomic mass is 35.5. The van der Waals surface area contributed by atoms with Crippen LogP contribution in [0.2, 0.25) is 0 Å². The van der Waals surface area contributed by atoms with Gasteiger partial charge in [0.1, 0.15) is 0 Å². The first-order valence-corrected chi connectivity index (χ1v) is 7.46. The van der Waals surface area contributed by atoms with Crippen molar-refractivity contribution in [2.45, 2.75) is 6.92 Å². The minimum absolute atomic E-state index is 0.0456. The molecule has 1 N–H and O–H groups in total. The van der Waals surface area contributed by atoms with Crippen molar-refractivity contribution in [3.05, 3.63) is 29.8 Å². The number of para-hydroxylation sites is 1. The van der Waals surface area contributed by atoms with Crippen molar-refractivity contribution in [1.82, 2.24) is 0 Å². The molecule has 0 fully saturated rings. The molecule has 0 atom stereocenters. The highest BCUT2D eigenvalue weighted by Gasteiger charge is 2.09. The van der Waals surface area contributed by atoms with E-state index in [1.165, 1.54) is 0 Å². The molecule has 3 nitrogen and oxygen atoms in total. The third-order valence-corrected chi connectivity index (χ3v) is 4.33. The van der Waals surface area contributed by atoms with E-state index < -0.39 is 9.84 Å². The summed E-state index contributed by atoms with van der Waals surface area (Å²) in [6, 6.07) is 7.78. The van der Waals surface area contributed by atoms with Crippen molar-refractivity contribution in [2.75, 3.05) is 29.2 Å². The van der Waals surface area contributed by atoms with Crippen molar-refractivity contribution < 1.29 is 8.42 Å². The molecule has 0 saturated heterocycles. The number of hydrogen-bond donors (Lipinski definition) is 1. The number of anilines is 1. The van der Waals surface area contributed by atoms with Gasteiger partial charge in [-0.05, 0) is 18.6 Å². The fourth-order valence-corrected chi connectivity index (χ4v) is 2.89. The minimum atomic E-state index is -3.01. The van der Waals surface area contributed by atoms with Crippen molar-refractivity contribution in [2.24, 2.45) is 0 Å². The molecule has 1 aromatic rings. The zero-order valence-electron chi connectivity index (χ0n) is 9.24. The number of aryl methyl sites for hydroxylation is 1. The molecule has 0 saturated carbocycles. The van der Waals surface area contributed by atoms with E-state index in [9.17, 15) is 8.42 Å². The molecule has 0 bridgehead atoms. The van der Waals surface area contributed by atoms with E-state index in [4.69, 9.17) is 11.6 Å². The predicted octanol–water partition coefficient (Wildman–Crippen LogP) is 2.06. The van der Waals surface area contributed by atoms with Crippen molar-refractivity contribution >= 4 is 27.1 Å². The number of rotatable bonds is 6. The maximum atomic E-state index is 11.4. The molecule has 5 heteroatoms. The van der Waals surface area contributed by atoms with Crippen LogP contribution >= 0.6 is 11.6 Å². The summed E-state index contributed by atoms with van der Waals surface area (Å²) in [5, 5.41) is 3.11. The first kappa shape index (κ1) is 13.3. The predicted molar refractivity (Wildman–Crippen MR) is 69.0 cm³/mol. The Labute approximate surface area is 102 Å². The van der Waals surface area contributed by atoms with Gasteiger partial charge in [0.25, 0.3) is 0 Å². The second-order valence-electron chi connectivity index (χ2n) is 3.58. The summed E-state index contributed by atoms with van der Waals surface area (Å²) >= 11 is 5.41. The number of halogens is 1. The van der Waals surface area contributed by atoms with E-state index in [1.807, 2.05) is 31.2 Å². The summed E-state index contributed by atoms with van der Waals surface area (Å²) in [7, 11) is -3.01. The zero-order chi connectivity index (χ0) is 12.0. The number of sulfone groups is 1. The second-order valence-corrected chi connectivity index (χ2v) is 6.26. The third-order valence-electron chi connectivity index (χ3n) is 2.26. The van der Waals surface area contributed by atoms with Gasteiger partial charge in [-0.15, -0.1) is 11.6 Å². The summed E-state index contributed by atoms with van der Waals surface area (Å²) in [5.74, 6) is 0.324. The molecule has 0 heterocycles. The third kappa shape index (κ3) is 4.41. The maximum absolute atomic E-state index is 11.4. The number of benzene rings is 1. The zero-order valence-corrected chi connectivity index (χ0v) is 10.8. The number of alkyl halides is 1. The Bertz CT molecular complexity index is 431. The van der Waals surface area contributed by atoms with E-state index in [1.54, 1.807) is 0 Å². The van der Waals surface area contributed by atoms with Crippen LogP contribution in [0.4, 0.5) is 5.69 Å². The normalized spacial score (nSPS) is 11.4. The standard InChI is InChI=1S/C11H16ClNO2S/c1-10-4-2-3-5-11(10)13-7-9-16(14,15)8-6-12/h2-5,13H,6-9H2,1H3. The van der Waals surface area contributed by atoms with Crippen LogP contribution in [-0.4, -0.2) is 32.3 Å². The molecule has 0 radical (unpaired) electrons. The molecule has 0 unspecified atom stereocenters. The van der Waals surface area contributed by atoms with Gasteiger partial charge in [-0.3, -0.25) is 0 Å². The SMILES string of the molecule is Cc1ccccc1NCCS(=O)(=O)CCCl. The van der Waals surface area contributed by atoms with Crippen molar-refractivity contribution in [3.63, 3.8) is 0 Å². The molecule has 1 rings (SSSR count). The summed E-state index contributed by atoms with van der Waals surface area (Å²) in [6.45, 7) is 2.40. The molecular formula is C11H16ClNO2S. The summed E-state index contributed by atoms with van der Waals surface area (Å²) in [6.07, 6.45) is 0. The lowest BCUT2D eigenvalue weighted by molar-refractivity contribution is 0.598. The highest BCUT2D eigenvalue weighted by Crippen LogP contribution is 2.12.